The number of β-amino-alcohol motifs (C(OH)–C–C–N with tert-alkyl or cyclic N) is 1. The number of fused-ring (bicyclic) bond motifs is 1. The van der Waals surface area contributed by atoms with Gasteiger partial charge < -0.3 is 5.11 Å². The fourth-order valence-electron chi connectivity index (χ4n) is 1.93. The Morgan fingerprint density at radius 2 is 2.29 bits per heavy atom. The molecule has 1 aromatic rings. The maximum absolute atomic E-state index is 13.4. The molecule has 0 unspecified atom stereocenters. The van der Waals surface area contributed by atoms with Crippen molar-refractivity contribution in [1.29, 1.82) is 0 Å². The van der Waals surface area contributed by atoms with Crippen molar-refractivity contribution in [1.82, 2.24) is 4.90 Å². The Labute approximate surface area is 83.0 Å². The third-order valence-electron chi connectivity index (χ3n) is 2.71. The molecule has 0 bridgehead atoms. The Balaban J connectivity index is 2.20. The van der Waals surface area contributed by atoms with Crippen LogP contribution in [0.3, 0.4) is 0 Å². The van der Waals surface area contributed by atoms with Crippen molar-refractivity contribution in [3.8, 4) is 0 Å². The normalized spacial score (nSPS) is 16.7. The third kappa shape index (κ3) is 1.79. The van der Waals surface area contributed by atoms with Crippen LogP contribution < -0.4 is 0 Å². The maximum atomic E-state index is 13.4. The third-order valence-corrected chi connectivity index (χ3v) is 2.71. The Kier molecular flexibility index (Phi) is 2.79. The van der Waals surface area contributed by atoms with Crippen molar-refractivity contribution in [2.24, 2.45) is 0 Å². The summed E-state index contributed by atoms with van der Waals surface area (Å²) in [6.07, 6.45) is 0.882. The molecular weight excluding hydrogens is 181 g/mol. The van der Waals surface area contributed by atoms with Gasteiger partial charge in [-0.15, -0.1) is 0 Å². The minimum atomic E-state index is -0.120. The van der Waals surface area contributed by atoms with Gasteiger partial charge >= 0.3 is 0 Å². The van der Waals surface area contributed by atoms with E-state index in [4.69, 9.17) is 5.11 Å². The van der Waals surface area contributed by atoms with Crippen molar-refractivity contribution >= 4 is 0 Å². The van der Waals surface area contributed by atoms with Crippen LogP contribution >= 0.6 is 0 Å². The van der Waals surface area contributed by atoms with Gasteiger partial charge in [0.05, 0.1) is 6.61 Å². The molecular formula is C11H14FNO. The van der Waals surface area contributed by atoms with Gasteiger partial charge in [0.1, 0.15) is 5.82 Å². The quantitative estimate of drug-likeness (QED) is 0.766. The van der Waals surface area contributed by atoms with Crippen LogP contribution in [0, 0.1) is 5.82 Å². The molecule has 1 aliphatic heterocycles. The summed E-state index contributed by atoms with van der Waals surface area (Å²) in [5, 5.41) is 8.80. The molecule has 0 aromatic heterocycles. The zero-order chi connectivity index (χ0) is 9.97. The smallest absolute Gasteiger partial charge is 0.127 e. The summed E-state index contributed by atoms with van der Waals surface area (Å²) >= 11 is 0. The molecule has 14 heavy (non-hydrogen) atoms. The van der Waals surface area contributed by atoms with Gasteiger partial charge in [-0.1, -0.05) is 12.1 Å². The van der Waals surface area contributed by atoms with Crippen molar-refractivity contribution in [3.05, 3.63) is 35.1 Å². The second-order valence-corrected chi connectivity index (χ2v) is 3.63. The van der Waals surface area contributed by atoms with E-state index in [2.05, 4.69) is 4.90 Å². The highest BCUT2D eigenvalue weighted by molar-refractivity contribution is 5.30. The number of hydrogen-bond acceptors (Lipinski definition) is 2. The van der Waals surface area contributed by atoms with Gasteiger partial charge in [0, 0.05) is 25.2 Å². The lowest BCUT2D eigenvalue weighted by Crippen LogP contribution is -2.33. The predicted octanol–water partition coefficient (Wildman–Crippen LogP) is 1.18. The number of aliphatic hydroxyl groups is 1. The second kappa shape index (κ2) is 4.07. The van der Waals surface area contributed by atoms with E-state index in [0.29, 0.717) is 13.1 Å². The summed E-state index contributed by atoms with van der Waals surface area (Å²) in [5.41, 5.74) is 1.91. The molecule has 1 heterocycles. The standard InChI is InChI=1S/C11H14FNO/c12-11-3-1-2-9-4-5-13(6-7-14)8-10(9)11/h1-3,14H,4-8H2. The molecule has 2 nitrogen and oxygen atoms in total. The summed E-state index contributed by atoms with van der Waals surface area (Å²) in [4.78, 5) is 2.07. The first-order valence-electron chi connectivity index (χ1n) is 4.91. The van der Waals surface area contributed by atoms with Crippen LogP contribution in [0.25, 0.3) is 0 Å². The Morgan fingerprint density at radius 3 is 3.07 bits per heavy atom. The van der Waals surface area contributed by atoms with Crippen LogP contribution in [0.4, 0.5) is 4.39 Å². The lowest BCUT2D eigenvalue weighted by atomic mass is 9.99. The van der Waals surface area contributed by atoms with Crippen LogP contribution in [0.5, 0.6) is 0 Å². The lowest BCUT2D eigenvalue weighted by Gasteiger charge is -2.28. The molecule has 76 valence electrons. The van der Waals surface area contributed by atoms with Crippen LogP contribution in [-0.2, 0) is 13.0 Å². The van der Waals surface area contributed by atoms with Crippen molar-refractivity contribution < 1.29 is 9.50 Å². The number of benzene rings is 1. The molecule has 0 aliphatic carbocycles. The zero-order valence-electron chi connectivity index (χ0n) is 8.04. The molecule has 3 heteroatoms. The topological polar surface area (TPSA) is 23.5 Å². The number of hydrogen-bond donors (Lipinski definition) is 1. The molecule has 0 fully saturated rings. The van der Waals surface area contributed by atoms with E-state index in [-0.39, 0.29) is 12.4 Å². The SMILES string of the molecule is OCCN1CCc2cccc(F)c2C1. The highest BCUT2D eigenvalue weighted by Crippen LogP contribution is 2.21. The first-order valence-corrected chi connectivity index (χ1v) is 4.91. The second-order valence-electron chi connectivity index (χ2n) is 3.63. The fraction of sp³-hybridized carbons (Fsp3) is 0.455. The molecule has 1 aliphatic rings. The van der Waals surface area contributed by atoms with E-state index < -0.39 is 0 Å². The Bertz CT molecular complexity index is 327. The number of halogens is 1. The average Bonchev–Trinajstić information content (AvgIpc) is 2.20. The molecule has 0 saturated heterocycles. The monoisotopic (exact) mass is 195 g/mol. The van der Waals surface area contributed by atoms with Gasteiger partial charge in [0.25, 0.3) is 0 Å². The molecule has 1 aromatic carbocycles. The summed E-state index contributed by atoms with van der Waals surface area (Å²) in [7, 11) is 0. The largest absolute Gasteiger partial charge is 0.395 e. The number of nitrogens with zero attached hydrogens (tertiary/aromatic N) is 1. The summed E-state index contributed by atoms with van der Waals surface area (Å²) in [5.74, 6) is -0.120. The van der Waals surface area contributed by atoms with Gasteiger partial charge in [-0.05, 0) is 18.1 Å². The van der Waals surface area contributed by atoms with Crippen LogP contribution in [0.15, 0.2) is 18.2 Å². The zero-order valence-corrected chi connectivity index (χ0v) is 8.04. The molecule has 1 N–H and O–H groups in total. The molecule has 0 radical (unpaired) electrons. The van der Waals surface area contributed by atoms with Gasteiger partial charge in [-0.25, -0.2) is 4.39 Å². The minimum absolute atomic E-state index is 0.120. The Morgan fingerprint density at radius 1 is 1.43 bits per heavy atom. The van der Waals surface area contributed by atoms with Crippen LogP contribution in [-0.4, -0.2) is 29.7 Å². The van der Waals surface area contributed by atoms with E-state index >= 15 is 0 Å². The molecule has 0 saturated carbocycles. The maximum Gasteiger partial charge on any atom is 0.127 e. The van der Waals surface area contributed by atoms with E-state index in [1.54, 1.807) is 6.07 Å². The van der Waals surface area contributed by atoms with E-state index in [0.717, 1.165) is 24.1 Å². The summed E-state index contributed by atoms with van der Waals surface area (Å²) < 4.78 is 13.4. The Hall–Kier alpha value is -0.930. The number of aliphatic hydroxyl groups excluding tert-OH is 1. The van der Waals surface area contributed by atoms with Gasteiger partial charge in [-0.3, -0.25) is 4.90 Å². The first-order chi connectivity index (χ1) is 6.81. The first kappa shape index (κ1) is 9.62. The molecule has 0 atom stereocenters. The van der Waals surface area contributed by atoms with E-state index in [9.17, 15) is 4.39 Å². The number of rotatable bonds is 2. The minimum Gasteiger partial charge on any atom is -0.395 e. The fourth-order valence-corrected chi connectivity index (χ4v) is 1.93. The lowest BCUT2D eigenvalue weighted by molar-refractivity contribution is 0.182. The summed E-state index contributed by atoms with van der Waals surface area (Å²) in [6, 6.07) is 5.24. The van der Waals surface area contributed by atoms with Crippen LogP contribution in [0.2, 0.25) is 0 Å². The van der Waals surface area contributed by atoms with Crippen LogP contribution in [0.1, 0.15) is 11.1 Å². The molecule has 2 rings (SSSR count). The van der Waals surface area contributed by atoms with Gasteiger partial charge in [0.2, 0.25) is 0 Å². The van der Waals surface area contributed by atoms with Crippen molar-refractivity contribution in [2.45, 2.75) is 13.0 Å². The van der Waals surface area contributed by atoms with Gasteiger partial charge in [-0.2, -0.15) is 0 Å². The highest BCUT2D eigenvalue weighted by Gasteiger charge is 2.17. The molecule has 0 amide bonds. The van der Waals surface area contributed by atoms with Crippen molar-refractivity contribution in [3.63, 3.8) is 0 Å². The average molecular weight is 195 g/mol. The molecule has 0 spiro atoms. The van der Waals surface area contributed by atoms with E-state index in [1.807, 2.05) is 6.07 Å². The highest BCUT2D eigenvalue weighted by atomic mass is 19.1. The van der Waals surface area contributed by atoms with Gasteiger partial charge in [0.15, 0.2) is 0 Å². The van der Waals surface area contributed by atoms with Crippen molar-refractivity contribution in [2.75, 3.05) is 19.7 Å². The van der Waals surface area contributed by atoms with E-state index in [1.165, 1.54) is 6.07 Å². The predicted molar refractivity (Wildman–Crippen MR) is 52.5 cm³/mol. The summed E-state index contributed by atoms with van der Waals surface area (Å²) in [6.45, 7) is 2.32.